The summed E-state index contributed by atoms with van der Waals surface area (Å²) in [6, 6.07) is 0. The maximum atomic E-state index is 12.1. The lowest BCUT2D eigenvalue weighted by molar-refractivity contribution is -0.137. The lowest BCUT2D eigenvalue weighted by Crippen LogP contribution is -2.31. The van der Waals surface area contributed by atoms with Gasteiger partial charge in [-0.25, -0.2) is 0 Å². The van der Waals surface area contributed by atoms with Gasteiger partial charge in [0.1, 0.15) is 0 Å². The molecule has 1 aromatic carbocycles. The number of rotatable bonds is 3. The van der Waals surface area contributed by atoms with Crippen molar-refractivity contribution in [1.82, 2.24) is 4.90 Å². The number of aliphatic carboxylic acids is 1. The molecule has 0 aromatic heterocycles. The van der Waals surface area contributed by atoms with Crippen LogP contribution in [0.25, 0.3) is 0 Å². The molecule has 1 aliphatic rings. The number of imide groups is 1. The summed E-state index contributed by atoms with van der Waals surface area (Å²) >= 11 is 23.5. The Balaban J connectivity index is 2.54. The van der Waals surface area contributed by atoms with E-state index in [-0.39, 0.29) is 44.2 Å². The van der Waals surface area contributed by atoms with Crippen LogP contribution in [-0.4, -0.2) is 34.3 Å². The van der Waals surface area contributed by atoms with Gasteiger partial charge in [-0.1, -0.05) is 46.4 Å². The summed E-state index contributed by atoms with van der Waals surface area (Å²) in [7, 11) is 0. The van der Waals surface area contributed by atoms with Crippen LogP contribution in [0.5, 0.6) is 0 Å². The number of halogens is 4. The monoisotopic (exact) mass is 355 g/mol. The maximum Gasteiger partial charge on any atom is 0.305 e. The van der Waals surface area contributed by atoms with E-state index in [9.17, 15) is 14.4 Å². The summed E-state index contributed by atoms with van der Waals surface area (Å²) < 4.78 is 0. The second-order valence-electron chi connectivity index (χ2n) is 3.91. The molecule has 2 rings (SSSR count). The molecule has 1 aliphatic heterocycles. The average molecular weight is 357 g/mol. The molecule has 2 amide bonds. The minimum absolute atomic E-state index is 0.127. The molecule has 0 radical (unpaired) electrons. The molecular formula is C11H5Cl4NO4. The molecule has 0 saturated heterocycles. The van der Waals surface area contributed by atoms with Crippen LogP contribution in [0.2, 0.25) is 20.1 Å². The summed E-state index contributed by atoms with van der Waals surface area (Å²) in [4.78, 5) is 35.5. The van der Waals surface area contributed by atoms with Crippen LogP contribution < -0.4 is 0 Å². The molecule has 20 heavy (non-hydrogen) atoms. The van der Waals surface area contributed by atoms with Crippen molar-refractivity contribution < 1.29 is 19.5 Å². The normalized spacial score (nSPS) is 13.9. The summed E-state index contributed by atoms with van der Waals surface area (Å²) in [5.74, 6) is -2.62. The Hall–Kier alpha value is -1.01. The molecule has 0 bridgehead atoms. The van der Waals surface area contributed by atoms with Crippen molar-refractivity contribution in [3.05, 3.63) is 31.2 Å². The van der Waals surface area contributed by atoms with Crippen LogP contribution in [0.15, 0.2) is 0 Å². The Morgan fingerprint density at radius 1 is 0.900 bits per heavy atom. The molecular weight excluding hydrogens is 352 g/mol. The van der Waals surface area contributed by atoms with Crippen LogP contribution in [0.3, 0.4) is 0 Å². The summed E-state index contributed by atoms with van der Waals surface area (Å²) in [6.45, 7) is -0.288. The van der Waals surface area contributed by atoms with Crippen LogP contribution in [0, 0.1) is 0 Å². The standard InChI is InChI=1S/C11H5Cl4NO4/c12-6-4-5(7(13)9(15)8(6)14)11(20)16(10(4)19)2-1-3(17)18/h1-2H2,(H,17,18). The molecule has 0 saturated carbocycles. The summed E-state index contributed by atoms with van der Waals surface area (Å²) in [5, 5.41) is 8.02. The van der Waals surface area contributed by atoms with Crippen molar-refractivity contribution in [2.75, 3.05) is 6.54 Å². The number of carboxylic acids is 1. The van der Waals surface area contributed by atoms with Gasteiger partial charge in [0.2, 0.25) is 0 Å². The number of fused-ring (bicyclic) bond motifs is 1. The molecule has 1 heterocycles. The quantitative estimate of drug-likeness (QED) is 0.511. The number of carbonyl (C=O) groups is 3. The first-order chi connectivity index (χ1) is 9.27. The third-order valence-electron chi connectivity index (χ3n) is 2.73. The van der Waals surface area contributed by atoms with Crippen molar-refractivity contribution in [3.63, 3.8) is 0 Å². The van der Waals surface area contributed by atoms with Crippen molar-refractivity contribution in [1.29, 1.82) is 0 Å². The predicted molar refractivity (Wildman–Crippen MR) is 74.1 cm³/mol. The Morgan fingerprint density at radius 2 is 1.30 bits per heavy atom. The van der Waals surface area contributed by atoms with Gasteiger partial charge in [-0.15, -0.1) is 0 Å². The predicted octanol–water partition coefficient (Wildman–Crippen LogP) is 3.37. The van der Waals surface area contributed by atoms with E-state index >= 15 is 0 Å². The fraction of sp³-hybridized carbons (Fsp3) is 0.182. The van der Waals surface area contributed by atoms with E-state index in [1.165, 1.54) is 0 Å². The highest BCUT2D eigenvalue weighted by atomic mass is 35.5. The highest BCUT2D eigenvalue weighted by Crippen LogP contribution is 2.44. The molecule has 0 aliphatic carbocycles. The number of amides is 2. The highest BCUT2D eigenvalue weighted by Gasteiger charge is 2.41. The number of carbonyl (C=O) groups excluding carboxylic acids is 2. The zero-order chi connectivity index (χ0) is 15.2. The van der Waals surface area contributed by atoms with Crippen LogP contribution >= 0.6 is 46.4 Å². The summed E-state index contributed by atoms with van der Waals surface area (Å²) in [6.07, 6.45) is -0.387. The van der Waals surface area contributed by atoms with E-state index in [0.29, 0.717) is 0 Å². The zero-order valence-electron chi connectivity index (χ0n) is 9.55. The molecule has 0 fully saturated rings. The van der Waals surface area contributed by atoms with Crippen molar-refractivity contribution in [2.24, 2.45) is 0 Å². The molecule has 5 nitrogen and oxygen atoms in total. The fourth-order valence-electron chi connectivity index (χ4n) is 1.81. The molecule has 0 spiro atoms. The first-order valence-electron chi connectivity index (χ1n) is 5.21. The Kier molecular flexibility index (Phi) is 4.16. The topological polar surface area (TPSA) is 74.7 Å². The molecule has 0 unspecified atom stereocenters. The van der Waals surface area contributed by atoms with Gasteiger partial charge in [0, 0.05) is 6.54 Å². The summed E-state index contributed by atoms with van der Waals surface area (Å²) in [5.41, 5.74) is -0.303. The minimum Gasteiger partial charge on any atom is -0.481 e. The third-order valence-corrected chi connectivity index (χ3v) is 4.54. The Labute approximate surface area is 133 Å². The fourth-order valence-corrected chi connectivity index (χ4v) is 2.82. The van der Waals surface area contributed by atoms with Crippen LogP contribution in [0.4, 0.5) is 0 Å². The van der Waals surface area contributed by atoms with Gasteiger partial charge in [-0.05, 0) is 0 Å². The third kappa shape index (κ3) is 2.24. The van der Waals surface area contributed by atoms with E-state index in [1.807, 2.05) is 0 Å². The number of carboxylic acid groups (broad SMARTS) is 1. The number of hydrogen-bond acceptors (Lipinski definition) is 3. The molecule has 9 heteroatoms. The van der Waals surface area contributed by atoms with E-state index in [1.54, 1.807) is 0 Å². The smallest absolute Gasteiger partial charge is 0.305 e. The lowest BCUT2D eigenvalue weighted by atomic mass is 10.1. The second kappa shape index (κ2) is 5.41. The zero-order valence-corrected chi connectivity index (χ0v) is 12.6. The van der Waals surface area contributed by atoms with Gasteiger partial charge in [-0.3, -0.25) is 19.3 Å². The Bertz CT molecular complexity index is 612. The number of hydrogen-bond donors (Lipinski definition) is 1. The van der Waals surface area contributed by atoms with Gasteiger partial charge in [0.15, 0.2) is 0 Å². The average Bonchev–Trinajstić information content (AvgIpc) is 2.63. The van der Waals surface area contributed by atoms with E-state index in [0.717, 1.165) is 4.90 Å². The number of nitrogens with zero attached hydrogens (tertiary/aromatic N) is 1. The molecule has 1 N–H and O–H groups in total. The van der Waals surface area contributed by atoms with Crippen LogP contribution in [-0.2, 0) is 4.79 Å². The van der Waals surface area contributed by atoms with Crippen molar-refractivity contribution >= 4 is 64.2 Å². The minimum atomic E-state index is -1.14. The molecule has 0 atom stereocenters. The molecule has 1 aromatic rings. The molecule has 106 valence electrons. The van der Waals surface area contributed by atoms with Gasteiger partial charge in [0.25, 0.3) is 11.8 Å². The maximum absolute atomic E-state index is 12.1. The highest BCUT2D eigenvalue weighted by molar-refractivity contribution is 6.55. The Morgan fingerprint density at radius 3 is 1.65 bits per heavy atom. The SMILES string of the molecule is O=C(O)CCN1C(=O)c2c(Cl)c(Cl)c(Cl)c(Cl)c2C1=O. The van der Waals surface area contributed by atoms with E-state index in [2.05, 4.69) is 0 Å². The largest absolute Gasteiger partial charge is 0.481 e. The van der Waals surface area contributed by atoms with Gasteiger partial charge in [0.05, 0.1) is 37.6 Å². The first-order valence-corrected chi connectivity index (χ1v) is 6.72. The van der Waals surface area contributed by atoms with Crippen LogP contribution in [0.1, 0.15) is 27.1 Å². The van der Waals surface area contributed by atoms with Gasteiger partial charge < -0.3 is 5.11 Å². The van der Waals surface area contributed by atoms with Gasteiger partial charge in [-0.2, -0.15) is 0 Å². The van der Waals surface area contributed by atoms with Crippen molar-refractivity contribution in [3.8, 4) is 0 Å². The van der Waals surface area contributed by atoms with Crippen molar-refractivity contribution in [2.45, 2.75) is 6.42 Å². The number of benzene rings is 1. The second-order valence-corrected chi connectivity index (χ2v) is 5.42. The van der Waals surface area contributed by atoms with E-state index < -0.39 is 17.8 Å². The lowest BCUT2D eigenvalue weighted by Gasteiger charge is -2.11. The first kappa shape index (κ1) is 15.4. The van der Waals surface area contributed by atoms with E-state index in [4.69, 9.17) is 51.5 Å². The van der Waals surface area contributed by atoms with Gasteiger partial charge >= 0.3 is 5.97 Å².